The molecule has 0 saturated heterocycles. The van der Waals surface area contributed by atoms with Crippen LogP contribution in [0.5, 0.6) is 0 Å². The Morgan fingerprint density at radius 2 is 1.90 bits per heavy atom. The number of benzene rings is 1. The molecule has 1 aromatic rings. The first-order valence-corrected chi connectivity index (χ1v) is 7.20. The van der Waals surface area contributed by atoms with Crippen LogP contribution in [0.15, 0.2) is 46.7 Å². The number of aliphatic hydroxyl groups is 2. The Kier molecular flexibility index (Phi) is 4.91. The number of hydrogen-bond donors (Lipinski definition) is 2. The van der Waals surface area contributed by atoms with E-state index in [1.54, 1.807) is 13.8 Å². The molecule has 0 fully saturated rings. The summed E-state index contributed by atoms with van der Waals surface area (Å²) < 4.78 is 0. The first-order chi connectivity index (χ1) is 9.99. The van der Waals surface area contributed by atoms with E-state index in [-0.39, 0.29) is 29.1 Å². The second-order valence-corrected chi connectivity index (χ2v) is 5.56. The lowest BCUT2D eigenvalue weighted by Gasteiger charge is -2.22. The van der Waals surface area contributed by atoms with Crippen molar-refractivity contribution in [2.45, 2.75) is 44.8 Å². The van der Waals surface area contributed by atoms with Crippen molar-refractivity contribution < 1.29 is 15.0 Å². The molecule has 112 valence electrons. The van der Waals surface area contributed by atoms with E-state index in [0.717, 1.165) is 5.56 Å². The second kappa shape index (κ2) is 6.68. The number of ketones is 1. The van der Waals surface area contributed by atoms with Gasteiger partial charge in [0.25, 0.3) is 0 Å². The Hall–Kier alpha value is -1.94. The molecule has 0 aromatic heterocycles. The Morgan fingerprint density at radius 1 is 1.24 bits per heavy atom. The van der Waals surface area contributed by atoms with E-state index in [9.17, 15) is 15.0 Å². The summed E-state index contributed by atoms with van der Waals surface area (Å²) in [5.74, 6) is 0.000769. The van der Waals surface area contributed by atoms with Gasteiger partial charge in [0.15, 0.2) is 5.78 Å². The third kappa shape index (κ3) is 3.79. The van der Waals surface area contributed by atoms with Crippen LogP contribution >= 0.6 is 0 Å². The largest absolute Gasteiger partial charge is 0.511 e. The van der Waals surface area contributed by atoms with Crippen molar-refractivity contribution in [3.05, 3.63) is 47.2 Å². The Balaban J connectivity index is 2.16. The Bertz CT molecular complexity index is 561. The van der Waals surface area contributed by atoms with Crippen LogP contribution in [0.3, 0.4) is 0 Å². The first kappa shape index (κ1) is 15.4. The maximum Gasteiger partial charge on any atom is 0.168 e. The predicted octanol–water partition coefficient (Wildman–Crippen LogP) is 2.79. The van der Waals surface area contributed by atoms with Gasteiger partial charge in [-0.25, -0.2) is 0 Å². The van der Waals surface area contributed by atoms with E-state index >= 15 is 0 Å². The van der Waals surface area contributed by atoms with Crippen LogP contribution < -0.4 is 0 Å². The molecule has 4 nitrogen and oxygen atoms in total. The molecule has 0 saturated carbocycles. The smallest absolute Gasteiger partial charge is 0.168 e. The standard InChI is InChI=1S/C17H21NO3/c1-11(12(2)19)18-10-15-16(20)8-14(9-17(15)21)13-6-4-3-5-7-13/h3-7,10-12,14,19-20H,8-9H2,1-2H3. The molecule has 1 aliphatic carbocycles. The fraction of sp³-hybridized carbons (Fsp3) is 0.412. The average Bonchev–Trinajstić information content (AvgIpc) is 2.46. The van der Waals surface area contributed by atoms with E-state index in [4.69, 9.17) is 0 Å². The molecule has 1 aliphatic rings. The number of Topliss-reactive ketones (excluding diaryl/α,β-unsaturated/α-hetero) is 1. The number of aliphatic imine (C=N–C) groups is 1. The molecule has 21 heavy (non-hydrogen) atoms. The van der Waals surface area contributed by atoms with Gasteiger partial charge in [0.1, 0.15) is 5.76 Å². The monoisotopic (exact) mass is 287 g/mol. The molecule has 0 amide bonds. The highest BCUT2D eigenvalue weighted by atomic mass is 16.3. The van der Waals surface area contributed by atoms with Gasteiger partial charge >= 0.3 is 0 Å². The molecule has 2 rings (SSSR count). The van der Waals surface area contributed by atoms with Crippen molar-refractivity contribution in [1.29, 1.82) is 0 Å². The number of rotatable bonds is 4. The predicted molar refractivity (Wildman–Crippen MR) is 82.7 cm³/mol. The minimum Gasteiger partial charge on any atom is -0.511 e. The zero-order chi connectivity index (χ0) is 15.4. The van der Waals surface area contributed by atoms with Crippen molar-refractivity contribution in [1.82, 2.24) is 0 Å². The van der Waals surface area contributed by atoms with Crippen molar-refractivity contribution in [2.24, 2.45) is 4.99 Å². The molecule has 3 atom stereocenters. The second-order valence-electron chi connectivity index (χ2n) is 5.56. The number of carbonyl (C=O) groups excluding carboxylic acids is 1. The van der Waals surface area contributed by atoms with E-state index < -0.39 is 6.10 Å². The maximum absolute atomic E-state index is 12.2. The fourth-order valence-corrected chi connectivity index (χ4v) is 2.33. The lowest BCUT2D eigenvalue weighted by Crippen LogP contribution is -2.21. The highest BCUT2D eigenvalue weighted by Crippen LogP contribution is 2.32. The molecule has 4 heteroatoms. The maximum atomic E-state index is 12.2. The third-order valence-electron chi connectivity index (χ3n) is 3.89. The van der Waals surface area contributed by atoms with Crippen molar-refractivity contribution >= 4 is 12.0 Å². The molecular formula is C17H21NO3. The Labute approximate surface area is 124 Å². The van der Waals surface area contributed by atoms with E-state index in [2.05, 4.69) is 4.99 Å². The van der Waals surface area contributed by atoms with Crippen LogP contribution in [0.1, 0.15) is 38.2 Å². The summed E-state index contributed by atoms with van der Waals surface area (Å²) in [6.45, 7) is 3.41. The van der Waals surface area contributed by atoms with Gasteiger partial charge in [-0.2, -0.15) is 0 Å². The highest BCUT2D eigenvalue weighted by Gasteiger charge is 2.27. The van der Waals surface area contributed by atoms with E-state index in [1.165, 1.54) is 6.21 Å². The van der Waals surface area contributed by atoms with Gasteiger partial charge in [-0.1, -0.05) is 30.3 Å². The normalized spacial score (nSPS) is 22.6. The molecule has 0 heterocycles. The average molecular weight is 287 g/mol. The van der Waals surface area contributed by atoms with Crippen LogP contribution in [-0.4, -0.2) is 34.4 Å². The third-order valence-corrected chi connectivity index (χ3v) is 3.89. The number of nitrogens with zero attached hydrogens (tertiary/aromatic N) is 1. The van der Waals surface area contributed by atoms with Gasteiger partial charge in [-0.05, 0) is 25.3 Å². The van der Waals surface area contributed by atoms with Crippen molar-refractivity contribution in [2.75, 3.05) is 0 Å². The van der Waals surface area contributed by atoms with Gasteiger partial charge < -0.3 is 10.2 Å². The molecule has 2 N–H and O–H groups in total. The molecule has 0 aliphatic heterocycles. The number of carbonyl (C=O) groups is 1. The summed E-state index contributed by atoms with van der Waals surface area (Å²) in [5.41, 5.74) is 1.33. The summed E-state index contributed by atoms with van der Waals surface area (Å²) >= 11 is 0. The van der Waals surface area contributed by atoms with Crippen LogP contribution in [0.25, 0.3) is 0 Å². The van der Waals surface area contributed by atoms with Crippen LogP contribution in [0.2, 0.25) is 0 Å². The molecule has 0 radical (unpaired) electrons. The topological polar surface area (TPSA) is 69.9 Å². The van der Waals surface area contributed by atoms with Gasteiger partial charge in [-0.15, -0.1) is 0 Å². The minimum absolute atomic E-state index is 0.0186. The highest BCUT2D eigenvalue weighted by molar-refractivity contribution is 6.14. The summed E-state index contributed by atoms with van der Waals surface area (Å²) in [7, 11) is 0. The quantitative estimate of drug-likeness (QED) is 0.837. The molecule has 1 aromatic carbocycles. The summed E-state index contributed by atoms with van der Waals surface area (Å²) in [5, 5.41) is 19.5. The van der Waals surface area contributed by atoms with Crippen molar-refractivity contribution in [3.8, 4) is 0 Å². The summed E-state index contributed by atoms with van der Waals surface area (Å²) in [6.07, 6.45) is 1.63. The van der Waals surface area contributed by atoms with Gasteiger partial charge in [0.05, 0.1) is 17.7 Å². The number of aliphatic hydroxyl groups excluding tert-OH is 2. The molecule has 3 unspecified atom stereocenters. The summed E-state index contributed by atoms with van der Waals surface area (Å²) in [4.78, 5) is 16.3. The van der Waals surface area contributed by atoms with Gasteiger partial charge in [-0.3, -0.25) is 9.79 Å². The van der Waals surface area contributed by atoms with Gasteiger partial charge in [0, 0.05) is 19.1 Å². The number of hydrogen-bond acceptors (Lipinski definition) is 4. The molecular weight excluding hydrogens is 266 g/mol. The fourth-order valence-electron chi connectivity index (χ4n) is 2.33. The minimum atomic E-state index is -0.584. The van der Waals surface area contributed by atoms with Crippen LogP contribution in [-0.2, 0) is 4.79 Å². The van der Waals surface area contributed by atoms with Crippen molar-refractivity contribution in [3.63, 3.8) is 0 Å². The first-order valence-electron chi connectivity index (χ1n) is 7.20. The lowest BCUT2D eigenvalue weighted by molar-refractivity contribution is -0.116. The number of allylic oxidation sites excluding steroid dienone is 2. The SMILES string of the molecule is CC(O)C(C)N=CC1=C(O)CC(c2ccccc2)CC1=O. The summed E-state index contributed by atoms with van der Waals surface area (Å²) in [6, 6.07) is 9.44. The van der Waals surface area contributed by atoms with Crippen LogP contribution in [0, 0.1) is 0 Å². The van der Waals surface area contributed by atoms with Crippen LogP contribution in [0.4, 0.5) is 0 Å². The van der Waals surface area contributed by atoms with Gasteiger partial charge in [0.2, 0.25) is 0 Å². The lowest BCUT2D eigenvalue weighted by atomic mass is 9.83. The Morgan fingerprint density at radius 3 is 2.48 bits per heavy atom. The van der Waals surface area contributed by atoms with E-state index in [0.29, 0.717) is 12.8 Å². The molecule has 0 spiro atoms. The molecule has 0 bridgehead atoms. The zero-order valence-corrected chi connectivity index (χ0v) is 12.4. The zero-order valence-electron chi connectivity index (χ0n) is 12.4. The van der Waals surface area contributed by atoms with E-state index in [1.807, 2.05) is 30.3 Å².